The number of carbonyl (C=O) groups is 2. The molecular formula is C34H37NO5. The maximum Gasteiger partial charge on any atom is 0.307 e. The Kier molecular flexibility index (Phi) is 11.3. The Morgan fingerprint density at radius 1 is 0.650 bits per heavy atom. The molecule has 0 heterocycles. The molecule has 0 aliphatic heterocycles. The van der Waals surface area contributed by atoms with Crippen LogP contribution in [0.4, 0.5) is 0 Å². The Bertz CT molecular complexity index is 1380. The second kappa shape index (κ2) is 15.1. The van der Waals surface area contributed by atoms with Gasteiger partial charge in [0.2, 0.25) is 5.91 Å². The molecule has 1 amide bonds. The summed E-state index contributed by atoms with van der Waals surface area (Å²) in [6.07, 6.45) is 0.475. The van der Waals surface area contributed by atoms with Gasteiger partial charge < -0.3 is 19.5 Å². The van der Waals surface area contributed by atoms with Gasteiger partial charge in [-0.3, -0.25) is 9.59 Å². The second-order valence-corrected chi connectivity index (χ2v) is 9.76. The molecule has 4 aromatic rings. The first-order valence-corrected chi connectivity index (χ1v) is 13.2. The highest BCUT2D eigenvalue weighted by Crippen LogP contribution is 2.20. The minimum Gasteiger partial charge on any atom is -0.489 e. The van der Waals surface area contributed by atoms with Crippen LogP contribution in [0, 0.1) is 13.8 Å². The molecule has 208 valence electrons. The van der Waals surface area contributed by atoms with E-state index in [1.807, 2.05) is 111 Å². The first-order valence-electron chi connectivity index (χ1n) is 13.2. The number of aliphatic carboxylic acids is 1. The third-order valence-corrected chi connectivity index (χ3v) is 6.31. The van der Waals surface area contributed by atoms with Gasteiger partial charge in [0.05, 0.1) is 12.8 Å². The summed E-state index contributed by atoms with van der Waals surface area (Å²) in [6.45, 7) is 4.97. The largest absolute Gasteiger partial charge is 0.489 e. The van der Waals surface area contributed by atoms with Crippen LogP contribution < -0.4 is 9.47 Å². The Morgan fingerprint density at radius 3 is 1.45 bits per heavy atom. The van der Waals surface area contributed by atoms with Gasteiger partial charge in [0.15, 0.2) is 0 Å². The molecule has 0 radical (unpaired) electrons. The van der Waals surface area contributed by atoms with Crippen molar-refractivity contribution in [1.29, 1.82) is 0 Å². The third kappa shape index (κ3) is 9.95. The van der Waals surface area contributed by atoms with Gasteiger partial charge in [-0.15, -0.1) is 0 Å². The molecule has 0 unspecified atom stereocenters. The smallest absolute Gasteiger partial charge is 0.307 e. The number of carboxylic acid groups (broad SMARTS) is 1. The Labute approximate surface area is 236 Å². The Balaban J connectivity index is 0.000000222. The number of benzene rings is 4. The molecule has 0 atom stereocenters. The van der Waals surface area contributed by atoms with E-state index in [0.717, 1.165) is 44.9 Å². The van der Waals surface area contributed by atoms with Gasteiger partial charge in [-0.1, -0.05) is 72.8 Å². The zero-order valence-corrected chi connectivity index (χ0v) is 23.6. The van der Waals surface area contributed by atoms with Gasteiger partial charge in [-0.25, -0.2) is 0 Å². The highest BCUT2D eigenvalue weighted by molar-refractivity contribution is 5.78. The molecule has 4 rings (SSSR count). The standard InChI is InChI=1S/C18H21NO2.C16H16O3/c1-14-11-17(21-13-15-7-5-4-6-8-15)10-9-16(14)12-18(20)19(2)3;1-12-9-15(8-7-14(12)10-16(17)18)19-11-13-5-3-2-4-6-13/h4-11H,12-13H2,1-3H3;2-9H,10-11H2,1H3,(H,17,18). The Hall–Kier alpha value is -4.58. The van der Waals surface area contributed by atoms with E-state index in [1.54, 1.807) is 19.0 Å². The molecule has 40 heavy (non-hydrogen) atoms. The van der Waals surface area contributed by atoms with Gasteiger partial charge in [0.25, 0.3) is 0 Å². The molecule has 0 saturated heterocycles. The average molecular weight is 540 g/mol. The molecule has 4 aromatic carbocycles. The maximum atomic E-state index is 11.8. The lowest BCUT2D eigenvalue weighted by atomic mass is 10.0. The molecule has 6 nitrogen and oxygen atoms in total. The number of hydrogen-bond acceptors (Lipinski definition) is 4. The molecule has 0 aliphatic carbocycles. The first kappa shape index (κ1) is 30.0. The molecule has 0 aliphatic rings. The van der Waals surface area contributed by atoms with Crippen LogP contribution in [-0.4, -0.2) is 36.0 Å². The number of ether oxygens (including phenoxy) is 2. The van der Waals surface area contributed by atoms with Crippen LogP contribution in [0.5, 0.6) is 11.5 Å². The van der Waals surface area contributed by atoms with Crippen LogP contribution in [0.25, 0.3) is 0 Å². The number of rotatable bonds is 10. The van der Waals surface area contributed by atoms with Crippen molar-refractivity contribution in [2.45, 2.75) is 39.9 Å². The van der Waals surface area contributed by atoms with Crippen LogP contribution in [0.1, 0.15) is 33.4 Å². The zero-order valence-electron chi connectivity index (χ0n) is 23.6. The molecule has 0 spiro atoms. The fourth-order valence-corrected chi connectivity index (χ4v) is 3.88. The van der Waals surface area contributed by atoms with E-state index >= 15 is 0 Å². The van der Waals surface area contributed by atoms with Gasteiger partial charge >= 0.3 is 5.97 Å². The van der Waals surface area contributed by atoms with E-state index in [0.29, 0.717) is 19.6 Å². The monoisotopic (exact) mass is 539 g/mol. The summed E-state index contributed by atoms with van der Waals surface area (Å²) >= 11 is 0. The van der Waals surface area contributed by atoms with E-state index < -0.39 is 5.97 Å². The third-order valence-electron chi connectivity index (χ3n) is 6.31. The lowest BCUT2D eigenvalue weighted by molar-refractivity contribution is -0.136. The number of carboxylic acids is 1. The number of nitrogens with zero attached hydrogens (tertiary/aromatic N) is 1. The summed E-state index contributed by atoms with van der Waals surface area (Å²) < 4.78 is 11.5. The second-order valence-electron chi connectivity index (χ2n) is 9.76. The van der Waals surface area contributed by atoms with E-state index in [1.165, 1.54) is 0 Å². The predicted octanol–water partition coefficient (Wildman–Crippen LogP) is 6.41. The lowest BCUT2D eigenvalue weighted by Crippen LogP contribution is -2.23. The number of hydrogen-bond donors (Lipinski definition) is 1. The molecule has 0 bridgehead atoms. The van der Waals surface area contributed by atoms with Crippen LogP contribution in [0.2, 0.25) is 0 Å². The van der Waals surface area contributed by atoms with Crippen molar-refractivity contribution in [2.24, 2.45) is 0 Å². The van der Waals surface area contributed by atoms with Crippen molar-refractivity contribution in [2.75, 3.05) is 14.1 Å². The van der Waals surface area contributed by atoms with E-state index in [9.17, 15) is 9.59 Å². The summed E-state index contributed by atoms with van der Waals surface area (Å²) in [5, 5.41) is 8.78. The minimum atomic E-state index is -0.818. The van der Waals surface area contributed by atoms with Crippen LogP contribution >= 0.6 is 0 Å². The predicted molar refractivity (Wildman–Crippen MR) is 158 cm³/mol. The number of amides is 1. The van der Waals surface area contributed by atoms with Crippen LogP contribution in [0.3, 0.4) is 0 Å². The zero-order chi connectivity index (χ0) is 28.9. The van der Waals surface area contributed by atoms with Crippen molar-refractivity contribution < 1.29 is 24.2 Å². The fraction of sp³-hybridized carbons (Fsp3) is 0.235. The summed E-state index contributed by atoms with van der Waals surface area (Å²) in [4.78, 5) is 24.1. The van der Waals surface area contributed by atoms with Crippen molar-refractivity contribution in [3.05, 3.63) is 130 Å². The SMILES string of the molecule is Cc1cc(OCc2ccccc2)ccc1CC(=O)N(C)C.Cc1cc(OCc2ccccc2)ccc1CC(=O)O. The number of likely N-dealkylation sites (N-methyl/N-ethyl adjacent to an activating group) is 1. The van der Waals surface area contributed by atoms with Crippen molar-refractivity contribution >= 4 is 11.9 Å². The topological polar surface area (TPSA) is 76.1 Å². The highest BCUT2D eigenvalue weighted by atomic mass is 16.5. The summed E-state index contributed by atoms with van der Waals surface area (Å²) in [5.41, 5.74) is 6.13. The summed E-state index contributed by atoms with van der Waals surface area (Å²) in [7, 11) is 3.55. The Morgan fingerprint density at radius 2 is 1.07 bits per heavy atom. The number of aryl methyl sites for hydroxylation is 2. The molecule has 0 aromatic heterocycles. The van der Waals surface area contributed by atoms with Crippen molar-refractivity contribution in [3.8, 4) is 11.5 Å². The summed E-state index contributed by atoms with van der Waals surface area (Å²) in [5.74, 6) is 0.880. The minimum absolute atomic E-state index is 0.0464. The average Bonchev–Trinajstić information content (AvgIpc) is 2.94. The number of carbonyl (C=O) groups excluding carboxylic acids is 1. The molecule has 6 heteroatoms. The molecule has 1 N–H and O–H groups in total. The van der Waals surface area contributed by atoms with Gasteiger partial charge in [0.1, 0.15) is 24.7 Å². The van der Waals surface area contributed by atoms with Crippen LogP contribution in [0.15, 0.2) is 97.1 Å². The molecule has 0 saturated carbocycles. The normalized spacial score (nSPS) is 10.2. The van der Waals surface area contributed by atoms with E-state index in [2.05, 4.69) is 0 Å². The quantitative estimate of drug-likeness (QED) is 0.252. The van der Waals surface area contributed by atoms with E-state index in [-0.39, 0.29) is 12.3 Å². The summed E-state index contributed by atoms with van der Waals surface area (Å²) in [6, 6.07) is 31.4. The first-order chi connectivity index (χ1) is 19.2. The van der Waals surface area contributed by atoms with Crippen molar-refractivity contribution in [3.63, 3.8) is 0 Å². The molecular weight excluding hydrogens is 502 g/mol. The van der Waals surface area contributed by atoms with E-state index in [4.69, 9.17) is 14.6 Å². The lowest BCUT2D eigenvalue weighted by Gasteiger charge is -2.13. The van der Waals surface area contributed by atoms with Gasteiger partial charge in [-0.2, -0.15) is 0 Å². The van der Waals surface area contributed by atoms with Crippen molar-refractivity contribution in [1.82, 2.24) is 4.90 Å². The fourth-order valence-electron chi connectivity index (χ4n) is 3.88. The molecule has 0 fully saturated rings. The van der Waals surface area contributed by atoms with Gasteiger partial charge in [0, 0.05) is 14.1 Å². The van der Waals surface area contributed by atoms with Crippen LogP contribution in [-0.2, 0) is 35.6 Å². The van der Waals surface area contributed by atoms with Gasteiger partial charge in [-0.05, 0) is 71.5 Å². The highest BCUT2D eigenvalue weighted by Gasteiger charge is 2.09. The maximum absolute atomic E-state index is 11.8.